The molecule has 0 amide bonds. The number of aromatic nitrogens is 1. The first-order valence-electron chi connectivity index (χ1n) is 11.6. The van der Waals surface area contributed by atoms with E-state index >= 15 is 0 Å². The van der Waals surface area contributed by atoms with Gasteiger partial charge >= 0.3 is 11.9 Å². The maximum Gasteiger partial charge on any atom is 0.338 e. The number of benzene rings is 2. The number of carbonyl (C=O) groups is 2. The van der Waals surface area contributed by atoms with E-state index in [1.807, 2.05) is 37.3 Å². The highest BCUT2D eigenvalue weighted by molar-refractivity contribution is 7.07. The summed E-state index contributed by atoms with van der Waals surface area (Å²) in [5, 5.41) is 9.48. The summed E-state index contributed by atoms with van der Waals surface area (Å²) in [6.45, 7) is 1.90. The predicted molar refractivity (Wildman–Crippen MR) is 143 cm³/mol. The molecule has 1 aliphatic heterocycles. The molecular formula is C28H21ClN2O6S. The van der Waals surface area contributed by atoms with Crippen LogP contribution in [0.15, 0.2) is 86.1 Å². The lowest BCUT2D eigenvalue weighted by atomic mass is 9.95. The van der Waals surface area contributed by atoms with Crippen LogP contribution in [0.25, 0.3) is 17.4 Å². The molecule has 0 saturated heterocycles. The molecule has 2 aromatic heterocycles. The Morgan fingerprint density at radius 2 is 1.95 bits per heavy atom. The van der Waals surface area contributed by atoms with Gasteiger partial charge in [0, 0.05) is 11.6 Å². The minimum Gasteiger partial charge on any atom is -0.478 e. The number of rotatable bonds is 6. The van der Waals surface area contributed by atoms with E-state index in [1.54, 1.807) is 24.3 Å². The molecule has 0 unspecified atom stereocenters. The lowest BCUT2D eigenvalue weighted by Crippen LogP contribution is -2.40. The van der Waals surface area contributed by atoms with Gasteiger partial charge in [-0.2, -0.15) is 0 Å². The van der Waals surface area contributed by atoms with Crippen LogP contribution in [0.2, 0.25) is 5.02 Å². The van der Waals surface area contributed by atoms with Crippen molar-refractivity contribution >= 4 is 41.0 Å². The summed E-state index contributed by atoms with van der Waals surface area (Å²) in [5.41, 5.74) is 1.83. The second-order valence-electron chi connectivity index (χ2n) is 8.40. The molecule has 1 atom stereocenters. The van der Waals surface area contributed by atoms with Gasteiger partial charge in [0.15, 0.2) is 4.80 Å². The number of aromatic carboxylic acids is 1. The number of carbonyl (C=O) groups excluding carboxylic acids is 1. The van der Waals surface area contributed by atoms with Crippen molar-refractivity contribution in [2.45, 2.75) is 19.4 Å². The van der Waals surface area contributed by atoms with E-state index in [-0.39, 0.29) is 16.1 Å². The van der Waals surface area contributed by atoms with Crippen molar-refractivity contribution in [3.05, 3.63) is 114 Å². The third-order valence-electron chi connectivity index (χ3n) is 6.15. The fourth-order valence-electron chi connectivity index (χ4n) is 4.37. The van der Waals surface area contributed by atoms with Crippen molar-refractivity contribution in [1.29, 1.82) is 0 Å². The SMILES string of the molecule is CCC1=C(C(=O)OC)[C@@H](c2ccccc2)n2c(s/c(=C/c3ccc(-c4ccc(Cl)c(C(=O)O)c4)o3)c2=O)=N1. The molecule has 4 aromatic rings. The minimum absolute atomic E-state index is 0.0375. The summed E-state index contributed by atoms with van der Waals surface area (Å²) in [6, 6.07) is 16.6. The first kappa shape index (κ1) is 25.4. The number of halogens is 1. The normalized spacial score (nSPS) is 15.2. The first-order valence-corrected chi connectivity index (χ1v) is 12.8. The van der Waals surface area contributed by atoms with Gasteiger partial charge in [0.25, 0.3) is 5.56 Å². The highest BCUT2D eigenvalue weighted by Crippen LogP contribution is 2.32. The van der Waals surface area contributed by atoms with Crippen molar-refractivity contribution in [3.63, 3.8) is 0 Å². The molecule has 5 rings (SSSR count). The summed E-state index contributed by atoms with van der Waals surface area (Å²) < 4.78 is 12.9. The van der Waals surface area contributed by atoms with Crippen LogP contribution < -0.4 is 14.9 Å². The van der Waals surface area contributed by atoms with E-state index in [1.165, 1.54) is 35.1 Å². The van der Waals surface area contributed by atoms with Gasteiger partial charge in [-0.1, -0.05) is 60.2 Å². The van der Waals surface area contributed by atoms with Gasteiger partial charge in [-0.25, -0.2) is 14.6 Å². The van der Waals surface area contributed by atoms with Gasteiger partial charge in [-0.3, -0.25) is 9.36 Å². The summed E-state index contributed by atoms with van der Waals surface area (Å²) >= 11 is 7.18. The van der Waals surface area contributed by atoms with Crippen LogP contribution in [0.3, 0.4) is 0 Å². The monoisotopic (exact) mass is 548 g/mol. The van der Waals surface area contributed by atoms with Crippen molar-refractivity contribution in [3.8, 4) is 11.3 Å². The predicted octanol–water partition coefficient (Wildman–Crippen LogP) is 4.41. The fourth-order valence-corrected chi connectivity index (χ4v) is 5.57. The molecule has 0 spiro atoms. The largest absolute Gasteiger partial charge is 0.478 e. The number of carboxylic acids is 1. The quantitative estimate of drug-likeness (QED) is 0.357. The molecule has 1 aliphatic rings. The van der Waals surface area contributed by atoms with E-state index in [4.69, 9.17) is 20.8 Å². The molecule has 0 bridgehead atoms. The van der Waals surface area contributed by atoms with E-state index in [2.05, 4.69) is 4.99 Å². The van der Waals surface area contributed by atoms with Gasteiger partial charge < -0.3 is 14.3 Å². The Kier molecular flexibility index (Phi) is 6.88. The minimum atomic E-state index is -1.14. The van der Waals surface area contributed by atoms with Crippen LogP contribution in [0.5, 0.6) is 0 Å². The number of fused-ring (bicyclic) bond motifs is 1. The number of hydrogen-bond donors (Lipinski definition) is 1. The third kappa shape index (κ3) is 4.51. The summed E-state index contributed by atoms with van der Waals surface area (Å²) in [4.78, 5) is 43.1. The van der Waals surface area contributed by atoms with Crippen LogP contribution in [0.1, 0.15) is 41.1 Å². The number of methoxy groups -OCH3 is 1. The molecule has 0 radical (unpaired) electrons. The van der Waals surface area contributed by atoms with E-state index in [0.717, 1.165) is 5.56 Å². The van der Waals surface area contributed by atoms with Crippen LogP contribution in [0.4, 0.5) is 0 Å². The molecule has 1 N–H and O–H groups in total. The Morgan fingerprint density at radius 3 is 2.63 bits per heavy atom. The number of ether oxygens (including phenoxy) is 1. The zero-order valence-electron chi connectivity index (χ0n) is 20.3. The Morgan fingerprint density at radius 1 is 1.18 bits per heavy atom. The van der Waals surface area contributed by atoms with Crippen LogP contribution >= 0.6 is 22.9 Å². The topological polar surface area (TPSA) is 111 Å². The van der Waals surface area contributed by atoms with Crippen LogP contribution in [0, 0.1) is 0 Å². The maximum atomic E-state index is 13.7. The van der Waals surface area contributed by atoms with Gasteiger partial charge in [0.2, 0.25) is 0 Å². The lowest BCUT2D eigenvalue weighted by Gasteiger charge is -2.25. The number of furan rings is 1. The summed E-state index contributed by atoms with van der Waals surface area (Å²) in [5.74, 6) is -0.855. The molecule has 0 aliphatic carbocycles. The average molecular weight is 549 g/mol. The zero-order valence-corrected chi connectivity index (χ0v) is 21.9. The molecule has 192 valence electrons. The standard InChI is InChI=1S/C28H21ClN2O6S/c1-3-20-23(27(35)36-2)24(15-7-5-4-6-8-15)31-25(32)22(38-28(31)30-20)14-17-10-12-21(37-17)16-9-11-19(29)18(13-16)26(33)34/h4-14,24H,3H2,1-2H3,(H,33,34)/b22-14+/t24-/m1/s1. The molecule has 38 heavy (non-hydrogen) atoms. The Labute approximate surface area is 225 Å². The number of nitrogens with zero attached hydrogens (tertiary/aromatic N) is 2. The van der Waals surface area contributed by atoms with Crippen molar-refractivity contribution in [2.75, 3.05) is 7.11 Å². The Bertz CT molecular complexity index is 1780. The van der Waals surface area contributed by atoms with Crippen molar-refractivity contribution in [2.24, 2.45) is 4.99 Å². The summed E-state index contributed by atoms with van der Waals surface area (Å²) in [7, 11) is 1.31. The number of carboxylic acid groups (broad SMARTS) is 1. The van der Waals surface area contributed by atoms with Gasteiger partial charge in [-0.05, 0) is 42.3 Å². The number of hydrogen-bond acceptors (Lipinski definition) is 7. The number of thiazole rings is 1. The number of esters is 1. The molecule has 10 heteroatoms. The molecule has 2 aromatic carbocycles. The highest BCUT2D eigenvalue weighted by Gasteiger charge is 2.33. The second-order valence-corrected chi connectivity index (χ2v) is 9.82. The zero-order chi connectivity index (χ0) is 27.0. The maximum absolute atomic E-state index is 13.7. The fraction of sp³-hybridized carbons (Fsp3) is 0.143. The molecule has 0 fully saturated rings. The summed E-state index contributed by atoms with van der Waals surface area (Å²) in [6.07, 6.45) is 2.09. The third-order valence-corrected chi connectivity index (χ3v) is 7.46. The van der Waals surface area contributed by atoms with Gasteiger partial charge in [0.05, 0.1) is 39.5 Å². The van der Waals surface area contributed by atoms with E-state index < -0.39 is 18.0 Å². The first-order chi connectivity index (χ1) is 18.3. The van der Waals surface area contributed by atoms with Gasteiger partial charge in [0.1, 0.15) is 11.5 Å². The Hall–Kier alpha value is -4.21. The van der Waals surface area contributed by atoms with E-state index in [0.29, 0.717) is 44.1 Å². The van der Waals surface area contributed by atoms with E-state index in [9.17, 15) is 19.5 Å². The molecule has 0 saturated carbocycles. The highest BCUT2D eigenvalue weighted by atomic mass is 35.5. The second kappa shape index (κ2) is 10.3. The molecule has 8 nitrogen and oxygen atoms in total. The molecule has 3 heterocycles. The van der Waals surface area contributed by atoms with Gasteiger partial charge in [-0.15, -0.1) is 0 Å². The number of allylic oxidation sites excluding steroid dienone is 1. The Balaban J connectivity index is 1.63. The molecular weight excluding hydrogens is 528 g/mol. The van der Waals surface area contributed by atoms with Crippen molar-refractivity contribution < 1.29 is 23.8 Å². The lowest BCUT2D eigenvalue weighted by molar-refractivity contribution is -0.136. The average Bonchev–Trinajstić information content (AvgIpc) is 3.52. The van der Waals surface area contributed by atoms with Crippen LogP contribution in [-0.4, -0.2) is 28.7 Å². The smallest absolute Gasteiger partial charge is 0.338 e. The van der Waals surface area contributed by atoms with Crippen molar-refractivity contribution in [1.82, 2.24) is 4.57 Å². The van der Waals surface area contributed by atoms with Crippen LogP contribution in [-0.2, 0) is 9.53 Å².